The molecule has 0 bridgehead atoms. The zero-order valence-corrected chi connectivity index (χ0v) is 10.8. The van der Waals surface area contributed by atoms with Crippen LogP contribution in [0.3, 0.4) is 0 Å². The van der Waals surface area contributed by atoms with Gasteiger partial charge in [0.15, 0.2) is 0 Å². The molecule has 2 rings (SSSR count). The van der Waals surface area contributed by atoms with Crippen molar-refractivity contribution in [3.8, 4) is 5.75 Å². The predicted octanol–water partition coefficient (Wildman–Crippen LogP) is 1.56. The standard InChI is InChI=1S/C14H17NO4/c1-2-19-13(17)9-15(10-7-8-10)14(18)11-5-3-4-6-12(11)16/h3-6,10,16H,2,7-9H2,1H3. The van der Waals surface area contributed by atoms with Gasteiger partial charge in [-0.05, 0) is 31.9 Å². The SMILES string of the molecule is CCOC(=O)CN(C(=O)c1ccccc1O)C1CC1. The number of rotatable bonds is 5. The third-order valence-corrected chi connectivity index (χ3v) is 2.99. The fourth-order valence-corrected chi connectivity index (χ4v) is 1.91. The van der Waals surface area contributed by atoms with E-state index in [9.17, 15) is 14.7 Å². The number of nitrogens with zero attached hydrogens (tertiary/aromatic N) is 1. The largest absolute Gasteiger partial charge is 0.507 e. The lowest BCUT2D eigenvalue weighted by Gasteiger charge is -2.21. The number of ether oxygens (including phenoxy) is 1. The summed E-state index contributed by atoms with van der Waals surface area (Å²) in [5, 5.41) is 9.71. The van der Waals surface area contributed by atoms with Gasteiger partial charge in [-0.25, -0.2) is 0 Å². The van der Waals surface area contributed by atoms with Crippen LogP contribution in [-0.2, 0) is 9.53 Å². The molecule has 1 N–H and O–H groups in total. The van der Waals surface area contributed by atoms with E-state index in [0.29, 0.717) is 6.61 Å². The Morgan fingerprint density at radius 2 is 2.05 bits per heavy atom. The highest BCUT2D eigenvalue weighted by molar-refractivity contribution is 5.98. The van der Waals surface area contributed by atoms with Crippen molar-refractivity contribution in [3.05, 3.63) is 29.8 Å². The molecule has 0 aliphatic heterocycles. The number of hydrogen-bond acceptors (Lipinski definition) is 4. The Morgan fingerprint density at radius 1 is 1.37 bits per heavy atom. The smallest absolute Gasteiger partial charge is 0.325 e. The lowest BCUT2D eigenvalue weighted by atomic mass is 10.1. The van der Waals surface area contributed by atoms with Gasteiger partial charge in [0.2, 0.25) is 0 Å². The Balaban J connectivity index is 2.13. The average molecular weight is 263 g/mol. The van der Waals surface area contributed by atoms with Gasteiger partial charge in [0, 0.05) is 6.04 Å². The van der Waals surface area contributed by atoms with Crippen molar-refractivity contribution in [1.82, 2.24) is 4.90 Å². The van der Waals surface area contributed by atoms with Gasteiger partial charge in [-0.1, -0.05) is 12.1 Å². The molecule has 1 aromatic carbocycles. The first-order valence-corrected chi connectivity index (χ1v) is 6.38. The third-order valence-electron chi connectivity index (χ3n) is 2.99. The number of amides is 1. The van der Waals surface area contributed by atoms with Crippen molar-refractivity contribution in [2.45, 2.75) is 25.8 Å². The molecule has 0 heterocycles. The fourth-order valence-electron chi connectivity index (χ4n) is 1.91. The molecule has 5 heteroatoms. The highest BCUT2D eigenvalue weighted by atomic mass is 16.5. The van der Waals surface area contributed by atoms with Gasteiger partial charge in [-0.3, -0.25) is 9.59 Å². The Labute approximate surface area is 111 Å². The number of para-hydroxylation sites is 1. The van der Waals surface area contributed by atoms with Gasteiger partial charge in [0.05, 0.1) is 12.2 Å². The summed E-state index contributed by atoms with van der Waals surface area (Å²) in [4.78, 5) is 25.4. The minimum absolute atomic E-state index is 0.0638. The lowest BCUT2D eigenvalue weighted by molar-refractivity contribution is -0.144. The Kier molecular flexibility index (Phi) is 4.04. The monoisotopic (exact) mass is 263 g/mol. The van der Waals surface area contributed by atoms with Crippen LogP contribution in [0.25, 0.3) is 0 Å². The van der Waals surface area contributed by atoms with Crippen molar-refractivity contribution in [2.24, 2.45) is 0 Å². The average Bonchev–Trinajstić information content (AvgIpc) is 3.20. The van der Waals surface area contributed by atoms with E-state index in [0.717, 1.165) is 12.8 Å². The van der Waals surface area contributed by atoms with Crippen molar-refractivity contribution in [3.63, 3.8) is 0 Å². The summed E-state index contributed by atoms with van der Waals surface area (Å²) in [5.74, 6) is -0.811. The van der Waals surface area contributed by atoms with Crippen LogP contribution in [0.15, 0.2) is 24.3 Å². The first kappa shape index (κ1) is 13.4. The van der Waals surface area contributed by atoms with Crippen LogP contribution in [0.5, 0.6) is 5.75 Å². The highest BCUT2D eigenvalue weighted by Gasteiger charge is 2.35. The molecule has 0 unspecified atom stereocenters. The second kappa shape index (κ2) is 5.73. The molecule has 102 valence electrons. The van der Waals surface area contributed by atoms with Crippen LogP contribution in [0, 0.1) is 0 Å². The van der Waals surface area contributed by atoms with Gasteiger partial charge in [-0.15, -0.1) is 0 Å². The van der Waals surface area contributed by atoms with Crippen molar-refractivity contribution >= 4 is 11.9 Å². The van der Waals surface area contributed by atoms with Crippen molar-refractivity contribution < 1.29 is 19.4 Å². The molecule has 0 radical (unpaired) electrons. The van der Waals surface area contributed by atoms with Crippen molar-refractivity contribution in [2.75, 3.05) is 13.2 Å². The van der Waals surface area contributed by atoms with Crippen LogP contribution >= 0.6 is 0 Å². The molecule has 0 saturated heterocycles. The predicted molar refractivity (Wildman–Crippen MR) is 68.8 cm³/mol. The van der Waals surface area contributed by atoms with Crippen LogP contribution in [0.4, 0.5) is 0 Å². The van der Waals surface area contributed by atoms with E-state index in [1.807, 2.05) is 0 Å². The Morgan fingerprint density at radius 3 is 2.63 bits per heavy atom. The van der Waals surface area contributed by atoms with Gasteiger partial charge in [0.25, 0.3) is 5.91 Å². The van der Waals surface area contributed by atoms with Crippen LogP contribution in [0.2, 0.25) is 0 Å². The first-order valence-electron chi connectivity index (χ1n) is 6.38. The molecule has 19 heavy (non-hydrogen) atoms. The minimum atomic E-state index is -0.418. The fraction of sp³-hybridized carbons (Fsp3) is 0.429. The number of aromatic hydroxyl groups is 1. The number of hydrogen-bond donors (Lipinski definition) is 1. The molecular formula is C14H17NO4. The van der Waals surface area contributed by atoms with E-state index in [4.69, 9.17) is 4.74 Å². The van der Waals surface area contributed by atoms with Gasteiger partial charge >= 0.3 is 5.97 Å². The molecule has 1 amide bonds. The molecule has 1 aromatic rings. The topological polar surface area (TPSA) is 66.8 Å². The first-order chi connectivity index (χ1) is 9.13. The van der Waals surface area contributed by atoms with Gasteiger partial charge in [0.1, 0.15) is 12.3 Å². The molecule has 1 saturated carbocycles. The molecule has 0 spiro atoms. The third kappa shape index (κ3) is 3.24. The van der Waals surface area contributed by atoms with Crippen LogP contribution in [0.1, 0.15) is 30.1 Å². The Hall–Kier alpha value is -2.04. The van der Waals surface area contributed by atoms with E-state index < -0.39 is 5.97 Å². The summed E-state index contributed by atoms with van der Waals surface area (Å²) in [6.07, 6.45) is 1.78. The number of phenolic OH excluding ortho intramolecular Hbond substituents is 1. The van der Waals surface area contributed by atoms with Crippen molar-refractivity contribution in [1.29, 1.82) is 0 Å². The number of esters is 1. The summed E-state index contributed by atoms with van der Waals surface area (Å²) in [7, 11) is 0. The lowest BCUT2D eigenvalue weighted by Crippen LogP contribution is -2.38. The zero-order chi connectivity index (χ0) is 13.8. The number of phenols is 1. The molecular weight excluding hydrogens is 246 g/mol. The number of carbonyl (C=O) groups is 2. The summed E-state index contributed by atoms with van der Waals surface area (Å²) in [5.41, 5.74) is 0.221. The van der Waals surface area contributed by atoms with E-state index in [2.05, 4.69) is 0 Å². The Bertz CT molecular complexity index is 482. The summed E-state index contributed by atoms with van der Waals surface area (Å²) >= 11 is 0. The normalized spacial score (nSPS) is 13.9. The van der Waals surface area contributed by atoms with Gasteiger partial charge < -0.3 is 14.7 Å². The summed E-state index contributed by atoms with van der Waals surface area (Å²) in [6.45, 7) is 1.96. The van der Waals surface area contributed by atoms with Crippen LogP contribution < -0.4 is 0 Å². The molecule has 1 aliphatic carbocycles. The molecule has 1 fully saturated rings. The van der Waals surface area contributed by atoms with E-state index in [1.165, 1.54) is 11.0 Å². The highest BCUT2D eigenvalue weighted by Crippen LogP contribution is 2.29. The van der Waals surface area contributed by atoms with Gasteiger partial charge in [-0.2, -0.15) is 0 Å². The second-order valence-corrected chi connectivity index (χ2v) is 4.49. The molecule has 0 aromatic heterocycles. The zero-order valence-electron chi connectivity index (χ0n) is 10.8. The maximum absolute atomic E-state index is 12.3. The quantitative estimate of drug-likeness (QED) is 0.819. The molecule has 0 atom stereocenters. The molecule has 5 nitrogen and oxygen atoms in total. The number of benzene rings is 1. The summed E-state index contributed by atoms with van der Waals surface area (Å²) < 4.78 is 4.87. The maximum Gasteiger partial charge on any atom is 0.325 e. The maximum atomic E-state index is 12.3. The summed E-state index contributed by atoms with van der Waals surface area (Å²) in [6, 6.07) is 6.43. The number of carbonyl (C=O) groups excluding carboxylic acids is 2. The molecule has 1 aliphatic rings. The minimum Gasteiger partial charge on any atom is -0.507 e. The van der Waals surface area contributed by atoms with Crippen LogP contribution in [-0.4, -0.2) is 41.1 Å². The second-order valence-electron chi connectivity index (χ2n) is 4.49. The van der Waals surface area contributed by atoms with E-state index >= 15 is 0 Å². The van der Waals surface area contributed by atoms with E-state index in [1.54, 1.807) is 25.1 Å². The van der Waals surface area contributed by atoms with E-state index in [-0.39, 0.29) is 29.8 Å².